The molecule has 0 aliphatic rings. The minimum absolute atomic E-state index is 0.597. The van der Waals surface area contributed by atoms with Gasteiger partial charge < -0.3 is 5.73 Å². The van der Waals surface area contributed by atoms with Crippen LogP contribution in [0.5, 0.6) is 0 Å². The van der Waals surface area contributed by atoms with Crippen molar-refractivity contribution >= 4 is 21.7 Å². The zero-order chi connectivity index (χ0) is 14.0. The molecule has 0 radical (unpaired) electrons. The summed E-state index contributed by atoms with van der Waals surface area (Å²) in [4.78, 5) is 4.22. The molecular formula is C14H19BrN4. The van der Waals surface area contributed by atoms with E-state index in [0.29, 0.717) is 5.82 Å². The lowest BCUT2D eigenvalue weighted by Gasteiger charge is -2.08. The van der Waals surface area contributed by atoms with Crippen LogP contribution in [-0.2, 0) is 19.4 Å². The van der Waals surface area contributed by atoms with E-state index in [1.807, 2.05) is 11.6 Å². The van der Waals surface area contributed by atoms with Gasteiger partial charge in [0.1, 0.15) is 5.82 Å². The molecule has 0 atom stereocenters. The maximum absolute atomic E-state index is 5.96. The molecule has 0 aliphatic carbocycles. The first-order chi connectivity index (χ1) is 9.06. The Morgan fingerprint density at radius 1 is 1.37 bits per heavy atom. The van der Waals surface area contributed by atoms with Crippen LogP contribution in [0.15, 0.2) is 16.7 Å². The van der Waals surface area contributed by atoms with E-state index in [2.05, 4.69) is 45.9 Å². The smallest absolute Gasteiger partial charge is 0.126 e. The Morgan fingerprint density at radius 3 is 2.74 bits per heavy atom. The van der Waals surface area contributed by atoms with Gasteiger partial charge in [-0.05, 0) is 41.8 Å². The van der Waals surface area contributed by atoms with E-state index in [1.165, 1.54) is 5.69 Å². The Balaban J connectivity index is 2.42. The highest BCUT2D eigenvalue weighted by atomic mass is 79.9. The number of anilines is 1. The van der Waals surface area contributed by atoms with E-state index in [4.69, 9.17) is 5.73 Å². The zero-order valence-electron chi connectivity index (χ0n) is 11.6. The lowest BCUT2D eigenvalue weighted by molar-refractivity contribution is 0.621. The number of hydrogen-bond donors (Lipinski definition) is 1. The first kappa shape index (κ1) is 14.1. The molecule has 0 aliphatic heterocycles. The number of halogens is 1. The molecule has 0 bridgehead atoms. The molecule has 0 unspecified atom stereocenters. The molecule has 5 heteroatoms. The molecule has 0 aromatic carbocycles. The summed E-state index contributed by atoms with van der Waals surface area (Å²) in [6.45, 7) is 7.09. The van der Waals surface area contributed by atoms with Crippen molar-refractivity contribution in [3.63, 3.8) is 0 Å². The molecule has 2 N–H and O–H groups in total. The van der Waals surface area contributed by atoms with Crippen LogP contribution in [0.4, 0.5) is 5.82 Å². The second-order valence-electron chi connectivity index (χ2n) is 4.61. The van der Waals surface area contributed by atoms with Crippen LogP contribution in [0.25, 0.3) is 0 Å². The number of aromatic nitrogens is 3. The Bertz CT molecular complexity index is 589. The first-order valence-electron chi connectivity index (χ1n) is 6.51. The lowest BCUT2D eigenvalue weighted by Crippen LogP contribution is -2.06. The topological polar surface area (TPSA) is 56.7 Å². The van der Waals surface area contributed by atoms with Gasteiger partial charge in [-0.1, -0.05) is 13.0 Å². The summed E-state index contributed by atoms with van der Waals surface area (Å²) in [6.07, 6.45) is 3.46. The fourth-order valence-electron chi connectivity index (χ4n) is 2.15. The highest BCUT2D eigenvalue weighted by molar-refractivity contribution is 9.10. The average Bonchev–Trinajstić information content (AvgIpc) is 2.70. The predicted octanol–water partition coefficient (Wildman–Crippen LogP) is 3.10. The van der Waals surface area contributed by atoms with Gasteiger partial charge in [-0.3, -0.25) is 4.68 Å². The molecule has 102 valence electrons. The Hall–Kier alpha value is -1.36. The van der Waals surface area contributed by atoms with Crippen LogP contribution in [0, 0.1) is 6.92 Å². The average molecular weight is 323 g/mol. The Labute approximate surface area is 122 Å². The van der Waals surface area contributed by atoms with Crippen molar-refractivity contribution in [2.24, 2.45) is 0 Å². The highest BCUT2D eigenvalue weighted by Crippen LogP contribution is 2.26. The fraction of sp³-hybridized carbons (Fsp3) is 0.429. The number of aryl methyl sites for hydroxylation is 3. The molecule has 2 aromatic rings. The molecule has 0 saturated heterocycles. The monoisotopic (exact) mass is 322 g/mol. The summed E-state index contributed by atoms with van der Waals surface area (Å²) >= 11 is 3.66. The summed E-state index contributed by atoms with van der Waals surface area (Å²) in [5, 5.41) is 4.60. The first-order valence-corrected chi connectivity index (χ1v) is 7.31. The summed E-state index contributed by atoms with van der Waals surface area (Å²) in [7, 11) is 0. The largest absolute Gasteiger partial charge is 0.383 e. The quantitative estimate of drug-likeness (QED) is 0.940. The van der Waals surface area contributed by atoms with Crippen molar-refractivity contribution < 1.29 is 0 Å². The molecule has 4 nitrogen and oxygen atoms in total. The zero-order valence-corrected chi connectivity index (χ0v) is 13.2. The van der Waals surface area contributed by atoms with Gasteiger partial charge in [-0.2, -0.15) is 5.10 Å². The molecule has 0 saturated carbocycles. The van der Waals surface area contributed by atoms with E-state index < -0.39 is 0 Å². The van der Waals surface area contributed by atoms with Gasteiger partial charge in [0.25, 0.3) is 0 Å². The minimum atomic E-state index is 0.597. The van der Waals surface area contributed by atoms with Crippen LogP contribution >= 0.6 is 15.9 Å². The number of nitrogens with two attached hydrogens (primary N) is 1. The van der Waals surface area contributed by atoms with Gasteiger partial charge in [0, 0.05) is 24.7 Å². The van der Waals surface area contributed by atoms with Gasteiger partial charge in [0.05, 0.1) is 15.9 Å². The van der Waals surface area contributed by atoms with Crippen LogP contribution in [0.1, 0.15) is 36.4 Å². The van der Waals surface area contributed by atoms with Crippen molar-refractivity contribution in [3.8, 4) is 0 Å². The third-order valence-electron chi connectivity index (χ3n) is 3.19. The fourth-order valence-corrected chi connectivity index (χ4v) is 2.85. The van der Waals surface area contributed by atoms with Crippen molar-refractivity contribution in [3.05, 3.63) is 39.3 Å². The lowest BCUT2D eigenvalue weighted by atomic mass is 10.1. The summed E-state index contributed by atoms with van der Waals surface area (Å²) in [5.41, 5.74) is 10.4. The predicted molar refractivity (Wildman–Crippen MR) is 81.2 cm³/mol. The van der Waals surface area contributed by atoms with Gasteiger partial charge in [-0.15, -0.1) is 0 Å². The van der Waals surface area contributed by atoms with Crippen LogP contribution in [0.2, 0.25) is 0 Å². The highest BCUT2D eigenvalue weighted by Gasteiger charge is 2.15. The summed E-state index contributed by atoms with van der Waals surface area (Å²) < 4.78 is 3.13. The van der Waals surface area contributed by atoms with Crippen molar-refractivity contribution in [1.82, 2.24) is 14.8 Å². The van der Waals surface area contributed by atoms with Crippen molar-refractivity contribution in [2.45, 2.75) is 40.2 Å². The normalized spacial score (nSPS) is 10.9. The molecule has 19 heavy (non-hydrogen) atoms. The Kier molecular flexibility index (Phi) is 4.24. The van der Waals surface area contributed by atoms with Gasteiger partial charge in [-0.25, -0.2) is 4.98 Å². The second kappa shape index (κ2) is 5.74. The van der Waals surface area contributed by atoms with Crippen LogP contribution in [0.3, 0.4) is 0 Å². The van der Waals surface area contributed by atoms with Crippen molar-refractivity contribution in [1.29, 1.82) is 0 Å². The Morgan fingerprint density at radius 2 is 2.11 bits per heavy atom. The summed E-state index contributed by atoms with van der Waals surface area (Å²) in [6, 6.07) is 2.09. The molecule has 2 rings (SSSR count). The maximum atomic E-state index is 5.96. The molecular weight excluding hydrogens is 304 g/mol. The number of nitrogens with zero attached hydrogens (tertiary/aromatic N) is 3. The number of pyridine rings is 1. The van der Waals surface area contributed by atoms with Gasteiger partial charge in [0.15, 0.2) is 0 Å². The molecule has 2 heterocycles. The van der Waals surface area contributed by atoms with Gasteiger partial charge in [0.2, 0.25) is 0 Å². The second-order valence-corrected chi connectivity index (χ2v) is 5.40. The van der Waals surface area contributed by atoms with E-state index in [9.17, 15) is 0 Å². The standard InChI is InChI=1S/C14H19BrN4/c1-4-11-13(15)12(19(5-2)18-11)7-10-6-9(3)8-17-14(10)16/h6,8H,4-5,7H2,1-3H3,(H2,16,17). The van der Waals surface area contributed by atoms with Crippen LogP contribution < -0.4 is 5.73 Å². The van der Waals surface area contributed by atoms with E-state index in [0.717, 1.165) is 40.7 Å². The number of hydrogen-bond acceptors (Lipinski definition) is 3. The number of nitrogen functional groups attached to an aromatic ring is 1. The van der Waals surface area contributed by atoms with Crippen molar-refractivity contribution in [2.75, 3.05) is 5.73 Å². The molecule has 2 aromatic heterocycles. The minimum Gasteiger partial charge on any atom is -0.383 e. The maximum Gasteiger partial charge on any atom is 0.126 e. The molecule has 0 spiro atoms. The summed E-state index contributed by atoms with van der Waals surface area (Å²) in [5.74, 6) is 0.597. The van der Waals surface area contributed by atoms with E-state index in [1.54, 1.807) is 6.20 Å². The van der Waals surface area contributed by atoms with E-state index in [-0.39, 0.29) is 0 Å². The van der Waals surface area contributed by atoms with Crippen LogP contribution in [-0.4, -0.2) is 14.8 Å². The number of rotatable bonds is 4. The third-order valence-corrected chi connectivity index (χ3v) is 4.11. The molecule has 0 fully saturated rings. The van der Waals surface area contributed by atoms with E-state index >= 15 is 0 Å². The molecule has 0 amide bonds. The third kappa shape index (κ3) is 2.81. The van der Waals surface area contributed by atoms with Gasteiger partial charge >= 0.3 is 0 Å². The SMILES string of the molecule is CCc1nn(CC)c(Cc2cc(C)cnc2N)c1Br.